The molecule has 0 aliphatic carbocycles. The monoisotopic (exact) mass is 252 g/mol. The number of aromatic nitrogens is 2. The number of piperidine rings is 1. The summed E-state index contributed by atoms with van der Waals surface area (Å²) in [6, 6.07) is 0. The molecular weight excluding hydrogens is 231 g/mol. The van der Waals surface area contributed by atoms with E-state index in [1.54, 1.807) is 0 Å². The van der Waals surface area contributed by atoms with Gasteiger partial charge in [-0.2, -0.15) is 0 Å². The lowest BCUT2D eigenvalue weighted by molar-refractivity contribution is 0.217. The van der Waals surface area contributed by atoms with Gasteiger partial charge in [0.15, 0.2) is 11.6 Å². The largest absolute Gasteiger partial charge is 0.367 e. The number of rotatable bonds is 4. The average Bonchev–Trinajstić information content (AvgIpc) is 2.38. The van der Waals surface area contributed by atoms with Crippen LogP contribution in [0.3, 0.4) is 0 Å². The van der Waals surface area contributed by atoms with E-state index in [0.717, 1.165) is 13.1 Å². The van der Waals surface area contributed by atoms with Crippen LogP contribution in [0.5, 0.6) is 0 Å². The summed E-state index contributed by atoms with van der Waals surface area (Å²) in [6.45, 7) is 4.91. The predicted molar refractivity (Wildman–Crippen MR) is 70.1 cm³/mol. The van der Waals surface area contributed by atoms with Crippen molar-refractivity contribution < 1.29 is 4.39 Å². The third kappa shape index (κ3) is 3.16. The van der Waals surface area contributed by atoms with Crippen LogP contribution < -0.4 is 5.32 Å². The molecule has 1 N–H and O–H groups in total. The predicted octanol–water partition coefficient (Wildman–Crippen LogP) is 1.93. The topological polar surface area (TPSA) is 41.1 Å². The smallest absolute Gasteiger partial charge is 0.186 e. The molecule has 1 unspecified atom stereocenters. The lowest BCUT2D eigenvalue weighted by Crippen LogP contribution is -2.35. The molecule has 0 aromatic carbocycles. The molecule has 0 spiro atoms. The number of nitrogens with one attached hydrogen (secondary N) is 1. The zero-order valence-electron chi connectivity index (χ0n) is 11.1. The van der Waals surface area contributed by atoms with Crippen molar-refractivity contribution in [2.45, 2.75) is 26.2 Å². The van der Waals surface area contributed by atoms with Crippen molar-refractivity contribution >= 4 is 5.82 Å². The van der Waals surface area contributed by atoms with Crippen LogP contribution in [0.25, 0.3) is 0 Å². The minimum atomic E-state index is -0.302. The lowest BCUT2D eigenvalue weighted by atomic mass is 9.98. The molecule has 1 fully saturated rings. The standard InChI is InChI=1S/C13H21FN4/c1-3-11-12(14)13(17-9-16-11)15-7-10-5-4-6-18(2)8-10/h9-10H,3-8H2,1-2H3,(H,15,16,17). The molecule has 5 heteroatoms. The van der Waals surface area contributed by atoms with Gasteiger partial charge in [0.2, 0.25) is 0 Å². The zero-order chi connectivity index (χ0) is 13.0. The van der Waals surface area contributed by atoms with Crippen molar-refractivity contribution in [3.8, 4) is 0 Å². The fraction of sp³-hybridized carbons (Fsp3) is 0.692. The van der Waals surface area contributed by atoms with E-state index in [4.69, 9.17) is 0 Å². The quantitative estimate of drug-likeness (QED) is 0.889. The fourth-order valence-electron chi connectivity index (χ4n) is 2.46. The summed E-state index contributed by atoms with van der Waals surface area (Å²) in [7, 11) is 2.13. The summed E-state index contributed by atoms with van der Waals surface area (Å²) >= 11 is 0. The first kappa shape index (κ1) is 13.2. The molecule has 1 aliphatic heterocycles. The van der Waals surface area contributed by atoms with E-state index >= 15 is 0 Å². The average molecular weight is 252 g/mol. The van der Waals surface area contributed by atoms with E-state index < -0.39 is 0 Å². The van der Waals surface area contributed by atoms with Gasteiger partial charge in [0, 0.05) is 13.1 Å². The SMILES string of the molecule is CCc1ncnc(NCC2CCCN(C)C2)c1F. The van der Waals surface area contributed by atoms with Gasteiger partial charge in [-0.25, -0.2) is 14.4 Å². The highest BCUT2D eigenvalue weighted by atomic mass is 19.1. The number of anilines is 1. The number of aryl methyl sites for hydroxylation is 1. The Morgan fingerprint density at radius 2 is 2.33 bits per heavy atom. The first-order valence-electron chi connectivity index (χ1n) is 6.62. The summed E-state index contributed by atoms with van der Waals surface area (Å²) < 4.78 is 13.9. The van der Waals surface area contributed by atoms with E-state index in [0.29, 0.717) is 23.9 Å². The van der Waals surface area contributed by atoms with Crippen LogP contribution in [-0.4, -0.2) is 41.5 Å². The molecule has 0 amide bonds. The second-order valence-corrected chi connectivity index (χ2v) is 4.99. The van der Waals surface area contributed by atoms with Gasteiger partial charge in [0.05, 0.1) is 5.69 Å². The Morgan fingerprint density at radius 3 is 3.06 bits per heavy atom. The lowest BCUT2D eigenvalue weighted by Gasteiger charge is -2.29. The summed E-state index contributed by atoms with van der Waals surface area (Å²) in [5, 5.41) is 3.13. The highest BCUT2D eigenvalue weighted by molar-refractivity contribution is 5.37. The zero-order valence-corrected chi connectivity index (χ0v) is 11.1. The molecule has 0 saturated carbocycles. The van der Waals surface area contributed by atoms with Crippen molar-refractivity contribution in [2.24, 2.45) is 5.92 Å². The van der Waals surface area contributed by atoms with E-state index in [2.05, 4.69) is 27.2 Å². The normalized spacial score (nSPS) is 20.9. The third-order valence-corrected chi connectivity index (χ3v) is 3.48. The number of hydrogen-bond acceptors (Lipinski definition) is 4. The van der Waals surface area contributed by atoms with Crippen LogP contribution in [-0.2, 0) is 6.42 Å². The van der Waals surface area contributed by atoms with Gasteiger partial charge in [-0.15, -0.1) is 0 Å². The minimum Gasteiger partial charge on any atom is -0.367 e. The molecule has 1 atom stereocenters. The second kappa shape index (κ2) is 6.09. The first-order chi connectivity index (χ1) is 8.70. The van der Waals surface area contributed by atoms with Crippen LogP contribution in [0.1, 0.15) is 25.5 Å². The van der Waals surface area contributed by atoms with Gasteiger partial charge in [-0.1, -0.05) is 6.92 Å². The molecule has 2 heterocycles. The summed E-state index contributed by atoms with van der Waals surface area (Å²) in [4.78, 5) is 10.2. The highest BCUT2D eigenvalue weighted by Gasteiger charge is 2.18. The van der Waals surface area contributed by atoms with Gasteiger partial charge < -0.3 is 10.2 Å². The molecule has 1 saturated heterocycles. The Labute approximate surface area is 108 Å². The summed E-state index contributed by atoms with van der Waals surface area (Å²) in [5.41, 5.74) is 0.480. The Morgan fingerprint density at radius 1 is 1.50 bits per heavy atom. The number of hydrogen-bond donors (Lipinski definition) is 1. The maximum Gasteiger partial charge on any atom is 0.186 e. The number of likely N-dealkylation sites (tertiary alicyclic amines) is 1. The van der Waals surface area contributed by atoms with Gasteiger partial charge in [0.1, 0.15) is 6.33 Å². The highest BCUT2D eigenvalue weighted by Crippen LogP contribution is 2.18. The molecule has 0 radical (unpaired) electrons. The van der Waals surface area contributed by atoms with Crippen LogP contribution in [0, 0.1) is 11.7 Å². The maximum atomic E-state index is 13.9. The third-order valence-electron chi connectivity index (χ3n) is 3.48. The van der Waals surface area contributed by atoms with Crippen molar-refractivity contribution in [3.63, 3.8) is 0 Å². The van der Waals surface area contributed by atoms with E-state index in [9.17, 15) is 4.39 Å². The number of halogens is 1. The maximum absolute atomic E-state index is 13.9. The Kier molecular flexibility index (Phi) is 4.47. The van der Waals surface area contributed by atoms with Gasteiger partial charge in [-0.3, -0.25) is 0 Å². The van der Waals surface area contributed by atoms with Crippen molar-refractivity contribution in [2.75, 3.05) is 32.0 Å². The molecule has 18 heavy (non-hydrogen) atoms. The first-order valence-corrected chi connectivity index (χ1v) is 6.62. The fourth-order valence-corrected chi connectivity index (χ4v) is 2.46. The number of nitrogens with zero attached hydrogens (tertiary/aromatic N) is 3. The Bertz CT molecular complexity index is 397. The van der Waals surface area contributed by atoms with E-state index in [-0.39, 0.29) is 5.82 Å². The molecule has 4 nitrogen and oxygen atoms in total. The molecule has 2 rings (SSSR count). The van der Waals surface area contributed by atoms with Gasteiger partial charge in [0.25, 0.3) is 0 Å². The van der Waals surface area contributed by atoms with Gasteiger partial charge in [-0.05, 0) is 38.8 Å². The minimum absolute atomic E-state index is 0.302. The van der Waals surface area contributed by atoms with Crippen LogP contribution in [0.2, 0.25) is 0 Å². The molecule has 100 valence electrons. The van der Waals surface area contributed by atoms with Crippen LogP contribution in [0.4, 0.5) is 10.2 Å². The van der Waals surface area contributed by atoms with Crippen LogP contribution >= 0.6 is 0 Å². The molecule has 1 aromatic heterocycles. The van der Waals surface area contributed by atoms with Crippen molar-refractivity contribution in [1.82, 2.24) is 14.9 Å². The Hall–Kier alpha value is -1.23. The molecule has 1 aliphatic rings. The van der Waals surface area contributed by atoms with Crippen molar-refractivity contribution in [1.29, 1.82) is 0 Å². The Balaban J connectivity index is 1.93. The van der Waals surface area contributed by atoms with Crippen molar-refractivity contribution in [3.05, 3.63) is 17.8 Å². The molecule has 0 bridgehead atoms. The summed E-state index contributed by atoms with van der Waals surface area (Å²) in [5.74, 6) is 0.613. The molecule has 1 aromatic rings. The summed E-state index contributed by atoms with van der Waals surface area (Å²) in [6.07, 6.45) is 4.44. The second-order valence-electron chi connectivity index (χ2n) is 4.99. The van der Waals surface area contributed by atoms with Gasteiger partial charge >= 0.3 is 0 Å². The van der Waals surface area contributed by atoms with E-state index in [1.807, 2.05) is 6.92 Å². The van der Waals surface area contributed by atoms with Crippen LogP contribution in [0.15, 0.2) is 6.33 Å². The van der Waals surface area contributed by atoms with E-state index in [1.165, 1.54) is 25.7 Å². The molecular formula is C13H21FN4.